The van der Waals surface area contributed by atoms with Crippen molar-refractivity contribution in [2.24, 2.45) is 0 Å². The minimum Gasteiger partial charge on any atom is -0.476 e. The number of allylic oxidation sites excluding steroid dienone is 1. The molecule has 0 aliphatic rings. The van der Waals surface area contributed by atoms with E-state index in [9.17, 15) is 4.79 Å². The molecule has 0 saturated heterocycles. The van der Waals surface area contributed by atoms with Crippen molar-refractivity contribution >= 4 is 23.3 Å². The van der Waals surface area contributed by atoms with Crippen molar-refractivity contribution in [3.63, 3.8) is 0 Å². The average molecular weight is 202 g/mol. The third kappa shape index (κ3) is 2.22. The van der Waals surface area contributed by atoms with E-state index in [4.69, 9.17) is 22.4 Å². The lowest BCUT2D eigenvalue weighted by atomic mass is 10.4. The Labute approximate surface area is 79.4 Å². The fraction of sp³-hybridized carbons (Fsp3) is 0.143. The van der Waals surface area contributed by atoms with Crippen molar-refractivity contribution < 1.29 is 9.90 Å². The zero-order valence-electron chi connectivity index (χ0n) is 6.70. The van der Waals surface area contributed by atoms with Crippen LogP contribution in [0.1, 0.15) is 10.5 Å². The lowest BCUT2D eigenvalue weighted by Gasteiger charge is -1.95. The van der Waals surface area contributed by atoms with Gasteiger partial charge in [-0.05, 0) is 0 Å². The molecule has 0 spiro atoms. The number of aromatic carboxylic acids is 1. The minimum atomic E-state index is -1.16. The molecular formula is C7H8ClN3O2. The Bertz CT molecular complexity index is 359. The summed E-state index contributed by atoms with van der Waals surface area (Å²) < 4.78 is 1.33. The van der Waals surface area contributed by atoms with Gasteiger partial charge in [-0.3, -0.25) is 4.68 Å². The van der Waals surface area contributed by atoms with Crippen LogP contribution in [0, 0.1) is 0 Å². The summed E-state index contributed by atoms with van der Waals surface area (Å²) in [6.07, 6.45) is 1.40. The summed E-state index contributed by atoms with van der Waals surface area (Å²) in [5, 5.41) is 12.7. The molecule has 13 heavy (non-hydrogen) atoms. The van der Waals surface area contributed by atoms with E-state index in [1.165, 1.54) is 10.9 Å². The van der Waals surface area contributed by atoms with E-state index in [1.54, 1.807) is 0 Å². The summed E-state index contributed by atoms with van der Waals surface area (Å²) in [7, 11) is 0. The quantitative estimate of drug-likeness (QED) is 0.762. The fourth-order valence-corrected chi connectivity index (χ4v) is 0.982. The topological polar surface area (TPSA) is 81.1 Å². The first kappa shape index (κ1) is 9.60. The van der Waals surface area contributed by atoms with Gasteiger partial charge >= 0.3 is 5.97 Å². The molecule has 0 fully saturated rings. The summed E-state index contributed by atoms with van der Waals surface area (Å²) in [5.41, 5.74) is 5.33. The van der Waals surface area contributed by atoms with E-state index in [1.807, 2.05) is 0 Å². The highest BCUT2D eigenvalue weighted by Gasteiger charge is 2.12. The van der Waals surface area contributed by atoms with Crippen molar-refractivity contribution in [3.8, 4) is 0 Å². The zero-order valence-corrected chi connectivity index (χ0v) is 7.45. The highest BCUT2D eigenvalue weighted by Crippen LogP contribution is 2.10. The molecule has 0 saturated carbocycles. The molecule has 0 radical (unpaired) electrons. The number of aromatic nitrogens is 2. The number of hydrogen-bond acceptors (Lipinski definition) is 3. The average Bonchev–Trinajstić information content (AvgIpc) is 2.29. The summed E-state index contributed by atoms with van der Waals surface area (Å²) >= 11 is 5.51. The Kier molecular flexibility index (Phi) is 2.57. The van der Waals surface area contributed by atoms with Crippen LogP contribution in [0.5, 0.6) is 0 Å². The second-order valence-electron chi connectivity index (χ2n) is 2.45. The number of nitrogens with two attached hydrogens (primary N) is 1. The van der Waals surface area contributed by atoms with Gasteiger partial charge in [0, 0.05) is 11.2 Å². The Hall–Kier alpha value is -1.49. The van der Waals surface area contributed by atoms with Crippen LogP contribution in [-0.4, -0.2) is 20.9 Å². The predicted molar refractivity (Wildman–Crippen MR) is 48.6 cm³/mol. The van der Waals surface area contributed by atoms with Crippen LogP contribution in [-0.2, 0) is 6.54 Å². The molecule has 0 aromatic carbocycles. The third-order valence-corrected chi connectivity index (χ3v) is 1.45. The fourth-order valence-electron chi connectivity index (χ4n) is 0.860. The molecular weight excluding hydrogens is 194 g/mol. The van der Waals surface area contributed by atoms with Crippen LogP contribution in [0.4, 0.5) is 5.69 Å². The number of carboxylic acids is 1. The maximum Gasteiger partial charge on any atom is 0.358 e. The Morgan fingerprint density at radius 2 is 2.46 bits per heavy atom. The number of hydrogen-bond donors (Lipinski definition) is 2. The summed E-state index contributed by atoms with van der Waals surface area (Å²) in [6, 6.07) is 0. The van der Waals surface area contributed by atoms with E-state index in [0.717, 1.165) is 0 Å². The highest BCUT2D eigenvalue weighted by molar-refractivity contribution is 6.29. The van der Waals surface area contributed by atoms with Gasteiger partial charge in [-0.15, -0.1) is 0 Å². The lowest BCUT2D eigenvalue weighted by Crippen LogP contribution is -2.03. The predicted octanol–water partition coefficient (Wildman–Crippen LogP) is 0.916. The van der Waals surface area contributed by atoms with E-state index in [0.29, 0.717) is 5.03 Å². The minimum absolute atomic E-state index is 0.116. The normalized spacial score (nSPS) is 9.92. The molecule has 0 aliphatic carbocycles. The standard InChI is InChI=1S/C7H8ClN3O2/c1-4(8)2-11-3-5(9)6(10-11)7(12)13/h3H,1-2,9H2,(H,12,13). The first-order valence-electron chi connectivity index (χ1n) is 3.40. The van der Waals surface area contributed by atoms with Crippen LogP contribution in [0.15, 0.2) is 17.8 Å². The zero-order chi connectivity index (χ0) is 10.0. The molecule has 3 N–H and O–H groups in total. The molecule has 6 heteroatoms. The largest absolute Gasteiger partial charge is 0.476 e. The highest BCUT2D eigenvalue weighted by atomic mass is 35.5. The van der Waals surface area contributed by atoms with Gasteiger partial charge in [0.2, 0.25) is 0 Å². The van der Waals surface area contributed by atoms with Gasteiger partial charge in [0.15, 0.2) is 5.69 Å². The maximum atomic E-state index is 10.5. The molecule has 0 atom stereocenters. The van der Waals surface area contributed by atoms with Gasteiger partial charge in [-0.25, -0.2) is 4.79 Å². The Morgan fingerprint density at radius 1 is 1.85 bits per heavy atom. The van der Waals surface area contributed by atoms with E-state index < -0.39 is 5.97 Å². The number of anilines is 1. The Balaban J connectivity index is 2.95. The van der Waals surface area contributed by atoms with Gasteiger partial charge in [0.1, 0.15) is 0 Å². The van der Waals surface area contributed by atoms with Gasteiger partial charge in [0.25, 0.3) is 0 Å². The number of nitrogens with zero attached hydrogens (tertiary/aromatic N) is 2. The second-order valence-corrected chi connectivity index (χ2v) is 2.99. The summed E-state index contributed by atoms with van der Waals surface area (Å²) in [4.78, 5) is 10.5. The molecule has 0 amide bonds. The number of nitrogen functional groups attached to an aromatic ring is 1. The number of halogens is 1. The van der Waals surface area contributed by atoms with Gasteiger partial charge in [0.05, 0.1) is 12.2 Å². The molecule has 0 aliphatic heterocycles. The number of carbonyl (C=O) groups is 1. The van der Waals surface area contributed by atoms with Crippen LogP contribution in [0.25, 0.3) is 0 Å². The number of rotatable bonds is 3. The van der Waals surface area contributed by atoms with E-state index in [-0.39, 0.29) is 17.9 Å². The van der Waals surface area contributed by atoms with Gasteiger partial charge in [-0.2, -0.15) is 5.10 Å². The van der Waals surface area contributed by atoms with Gasteiger partial charge < -0.3 is 10.8 Å². The molecule has 1 aromatic rings. The monoisotopic (exact) mass is 201 g/mol. The van der Waals surface area contributed by atoms with E-state index in [2.05, 4.69) is 11.7 Å². The van der Waals surface area contributed by atoms with Gasteiger partial charge in [-0.1, -0.05) is 18.2 Å². The van der Waals surface area contributed by atoms with Crippen LogP contribution in [0.2, 0.25) is 0 Å². The first-order chi connectivity index (χ1) is 6.00. The van der Waals surface area contributed by atoms with Crippen LogP contribution >= 0.6 is 11.6 Å². The first-order valence-corrected chi connectivity index (χ1v) is 3.78. The molecule has 0 bridgehead atoms. The molecule has 5 nitrogen and oxygen atoms in total. The van der Waals surface area contributed by atoms with Crippen LogP contribution < -0.4 is 5.73 Å². The SMILES string of the molecule is C=C(Cl)Cn1cc(N)c(C(=O)O)n1. The molecule has 1 rings (SSSR count). The van der Waals surface area contributed by atoms with Crippen molar-refractivity contribution in [2.75, 3.05) is 5.73 Å². The molecule has 1 aromatic heterocycles. The number of carboxylic acid groups (broad SMARTS) is 1. The summed E-state index contributed by atoms with van der Waals surface area (Å²) in [6.45, 7) is 3.70. The lowest BCUT2D eigenvalue weighted by molar-refractivity contribution is 0.0690. The third-order valence-electron chi connectivity index (χ3n) is 1.33. The van der Waals surface area contributed by atoms with Crippen molar-refractivity contribution in [1.29, 1.82) is 0 Å². The molecule has 70 valence electrons. The maximum absolute atomic E-state index is 10.5. The second kappa shape index (κ2) is 3.49. The molecule has 1 heterocycles. The van der Waals surface area contributed by atoms with E-state index >= 15 is 0 Å². The smallest absolute Gasteiger partial charge is 0.358 e. The summed E-state index contributed by atoms with van der Waals surface area (Å²) in [5.74, 6) is -1.16. The van der Waals surface area contributed by atoms with Crippen LogP contribution in [0.3, 0.4) is 0 Å². The molecule has 0 unspecified atom stereocenters. The Morgan fingerprint density at radius 3 is 2.85 bits per heavy atom. The van der Waals surface area contributed by atoms with Crippen molar-refractivity contribution in [1.82, 2.24) is 9.78 Å². The van der Waals surface area contributed by atoms with Crippen molar-refractivity contribution in [2.45, 2.75) is 6.54 Å². The van der Waals surface area contributed by atoms with Crippen molar-refractivity contribution in [3.05, 3.63) is 23.5 Å².